The SMILES string of the molecule is CN1CCN(c2ccc(-c3nc(Cl)c4nc[nH]c4n3)cc2)CC1. The van der Waals surface area contributed by atoms with Crippen molar-refractivity contribution in [2.75, 3.05) is 38.1 Å². The molecule has 1 saturated heterocycles. The number of H-pyrrole nitrogens is 1. The van der Waals surface area contributed by atoms with Crippen LogP contribution in [0.3, 0.4) is 0 Å². The summed E-state index contributed by atoms with van der Waals surface area (Å²) < 4.78 is 0. The predicted molar refractivity (Wildman–Crippen MR) is 91.8 cm³/mol. The highest BCUT2D eigenvalue weighted by Gasteiger charge is 2.15. The van der Waals surface area contributed by atoms with E-state index in [-0.39, 0.29) is 0 Å². The molecule has 4 rings (SSSR count). The molecule has 0 saturated carbocycles. The van der Waals surface area contributed by atoms with Crippen LogP contribution in [0.1, 0.15) is 0 Å². The Morgan fingerprint density at radius 1 is 1.04 bits per heavy atom. The van der Waals surface area contributed by atoms with E-state index in [9.17, 15) is 0 Å². The number of piperazine rings is 1. The van der Waals surface area contributed by atoms with Crippen LogP contribution in [-0.2, 0) is 0 Å². The average molecular weight is 329 g/mol. The van der Waals surface area contributed by atoms with Gasteiger partial charge in [-0.15, -0.1) is 0 Å². The molecule has 3 heterocycles. The number of halogens is 1. The molecular weight excluding hydrogens is 312 g/mol. The number of imidazole rings is 1. The highest BCUT2D eigenvalue weighted by Crippen LogP contribution is 2.25. The van der Waals surface area contributed by atoms with Crippen molar-refractivity contribution in [3.05, 3.63) is 35.7 Å². The number of likely N-dealkylation sites (N-methyl/N-ethyl adjacent to an activating group) is 1. The molecule has 118 valence electrons. The Balaban J connectivity index is 1.61. The van der Waals surface area contributed by atoms with Gasteiger partial charge in [-0.2, -0.15) is 0 Å². The molecular formula is C16H17ClN6. The largest absolute Gasteiger partial charge is 0.369 e. The Hall–Kier alpha value is -2.18. The van der Waals surface area contributed by atoms with Gasteiger partial charge in [0.2, 0.25) is 0 Å². The first-order valence-electron chi connectivity index (χ1n) is 7.61. The fraction of sp³-hybridized carbons (Fsp3) is 0.312. The first-order chi connectivity index (χ1) is 11.2. The standard InChI is InChI=1S/C16H17ClN6/c1-22-6-8-23(9-7-22)12-4-2-11(3-5-12)15-20-14(17)13-16(21-15)19-10-18-13/h2-5,10H,6-9H2,1H3,(H,18,19,20,21). The van der Waals surface area contributed by atoms with Gasteiger partial charge in [-0.1, -0.05) is 11.6 Å². The molecule has 6 nitrogen and oxygen atoms in total. The van der Waals surface area contributed by atoms with Crippen LogP contribution in [0.2, 0.25) is 5.15 Å². The Kier molecular flexibility index (Phi) is 3.63. The summed E-state index contributed by atoms with van der Waals surface area (Å²) in [6.45, 7) is 4.30. The van der Waals surface area contributed by atoms with Gasteiger partial charge in [0.15, 0.2) is 16.6 Å². The van der Waals surface area contributed by atoms with Gasteiger partial charge in [0.1, 0.15) is 5.52 Å². The number of aromatic amines is 1. The number of nitrogens with one attached hydrogen (secondary N) is 1. The second-order valence-corrected chi connectivity index (χ2v) is 6.13. The molecule has 0 spiro atoms. The van der Waals surface area contributed by atoms with E-state index in [0.29, 0.717) is 22.1 Å². The molecule has 1 aromatic carbocycles. The number of aromatic nitrogens is 4. The molecule has 3 aromatic rings. The van der Waals surface area contributed by atoms with E-state index in [1.54, 1.807) is 6.33 Å². The van der Waals surface area contributed by atoms with Crippen LogP contribution < -0.4 is 4.90 Å². The number of fused-ring (bicyclic) bond motifs is 1. The van der Waals surface area contributed by atoms with E-state index in [0.717, 1.165) is 31.7 Å². The van der Waals surface area contributed by atoms with Crippen molar-refractivity contribution in [3.63, 3.8) is 0 Å². The Morgan fingerprint density at radius 2 is 1.78 bits per heavy atom. The van der Waals surface area contributed by atoms with Crippen molar-refractivity contribution in [2.45, 2.75) is 0 Å². The Morgan fingerprint density at radius 3 is 2.52 bits per heavy atom. The lowest BCUT2D eigenvalue weighted by Crippen LogP contribution is -2.44. The number of benzene rings is 1. The third kappa shape index (κ3) is 2.75. The maximum Gasteiger partial charge on any atom is 0.163 e. The van der Waals surface area contributed by atoms with E-state index in [1.807, 2.05) is 12.1 Å². The van der Waals surface area contributed by atoms with Crippen LogP contribution in [0.5, 0.6) is 0 Å². The minimum Gasteiger partial charge on any atom is -0.369 e. The summed E-state index contributed by atoms with van der Waals surface area (Å²) in [6.07, 6.45) is 1.57. The van der Waals surface area contributed by atoms with Crippen LogP contribution in [0.4, 0.5) is 5.69 Å². The summed E-state index contributed by atoms with van der Waals surface area (Å²) in [7, 11) is 2.16. The van der Waals surface area contributed by atoms with Gasteiger partial charge >= 0.3 is 0 Å². The van der Waals surface area contributed by atoms with Gasteiger partial charge in [-0.3, -0.25) is 0 Å². The predicted octanol–water partition coefficient (Wildman–Crippen LogP) is 2.43. The number of rotatable bonds is 2. The molecule has 0 amide bonds. The second kappa shape index (κ2) is 5.79. The summed E-state index contributed by atoms with van der Waals surface area (Å²) in [5.41, 5.74) is 3.43. The monoisotopic (exact) mass is 328 g/mol. The molecule has 1 N–H and O–H groups in total. The van der Waals surface area contributed by atoms with Crippen molar-refractivity contribution in [2.24, 2.45) is 0 Å². The molecule has 23 heavy (non-hydrogen) atoms. The molecule has 1 aliphatic rings. The van der Waals surface area contributed by atoms with E-state index >= 15 is 0 Å². The maximum absolute atomic E-state index is 6.17. The van der Waals surface area contributed by atoms with E-state index in [1.165, 1.54) is 5.69 Å². The minimum absolute atomic E-state index is 0.370. The molecule has 7 heteroatoms. The molecule has 2 aromatic heterocycles. The summed E-state index contributed by atoms with van der Waals surface area (Å²) in [4.78, 5) is 20.7. The number of anilines is 1. The second-order valence-electron chi connectivity index (χ2n) is 5.77. The van der Waals surface area contributed by atoms with Gasteiger partial charge in [-0.25, -0.2) is 15.0 Å². The van der Waals surface area contributed by atoms with Crippen molar-refractivity contribution in [1.29, 1.82) is 0 Å². The highest BCUT2D eigenvalue weighted by molar-refractivity contribution is 6.33. The third-order valence-corrected chi connectivity index (χ3v) is 4.49. The third-order valence-electron chi connectivity index (χ3n) is 4.23. The normalized spacial score (nSPS) is 16.2. The summed E-state index contributed by atoms with van der Waals surface area (Å²) in [6, 6.07) is 8.33. The zero-order valence-electron chi connectivity index (χ0n) is 12.8. The van der Waals surface area contributed by atoms with Gasteiger partial charge in [0.05, 0.1) is 6.33 Å². The van der Waals surface area contributed by atoms with Crippen LogP contribution in [0, 0.1) is 0 Å². The lowest BCUT2D eigenvalue weighted by atomic mass is 10.1. The van der Waals surface area contributed by atoms with Crippen molar-refractivity contribution < 1.29 is 0 Å². The summed E-state index contributed by atoms with van der Waals surface area (Å²) in [5, 5.41) is 0.370. The summed E-state index contributed by atoms with van der Waals surface area (Å²) >= 11 is 6.17. The molecule has 0 bridgehead atoms. The lowest BCUT2D eigenvalue weighted by molar-refractivity contribution is 0.313. The molecule has 1 fully saturated rings. The number of hydrogen-bond acceptors (Lipinski definition) is 5. The molecule has 0 unspecified atom stereocenters. The van der Waals surface area contributed by atoms with Crippen molar-refractivity contribution in [3.8, 4) is 11.4 Å². The van der Waals surface area contributed by atoms with Gasteiger partial charge in [-0.05, 0) is 31.3 Å². The van der Waals surface area contributed by atoms with Gasteiger partial charge < -0.3 is 14.8 Å². The summed E-state index contributed by atoms with van der Waals surface area (Å²) in [5.74, 6) is 0.608. The van der Waals surface area contributed by atoms with E-state index in [4.69, 9.17) is 11.6 Å². The number of nitrogens with zero attached hydrogens (tertiary/aromatic N) is 5. The zero-order chi connectivity index (χ0) is 15.8. The van der Waals surface area contributed by atoms with Crippen LogP contribution in [-0.4, -0.2) is 58.1 Å². The van der Waals surface area contributed by atoms with E-state index < -0.39 is 0 Å². The molecule has 0 aliphatic carbocycles. The number of hydrogen-bond donors (Lipinski definition) is 1. The quantitative estimate of drug-likeness (QED) is 0.732. The zero-order valence-corrected chi connectivity index (χ0v) is 13.6. The average Bonchev–Trinajstić information content (AvgIpc) is 3.05. The highest BCUT2D eigenvalue weighted by atomic mass is 35.5. The Labute approximate surface area is 139 Å². The Bertz CT molecular complexity index is 820. The van der Waals surface area contributed by atoms with Crippen LogP contribution in [0.15, 0.2) is 30.6 Å². The maximum atomic E-state index is 6.17. The van der Waals surface area contributed by atoms with Crippen molar-refractivity contribution in [1.82, 2.24) is 24.8 Å². The van der Waals surface area contributed by atoms with Crippen LogP contribution in [0.25, 0.3) is 22.6 Å². The topological polar surface area (TPSA) is 60.9 Å². The molecule has 1 aliphatic heterocycles. The van der Waals surface area contributed by atoms with Gasteiger partial charge in [0.25, 0.3) is 0 Å². The molecule has 0 radical (unpaired) electrons. The first kappa shape index (κ1) is 14.4. The lowest BCUT2D eigenvalue weighted by Gasteiger charge is -2.34. The fourth-order valence-corrected chi connectivity index (χ4v) is 3.03. The van der Waals surface area contributed by atoms with Crippen molar-refractivity contribution >= 4 is 28.5 Å². The van der Waals surface area contributed by atoms with Gasteiger partial charge in [0, 0.05) is 37.4 Å². The first-order valence-corrected chi connectivity index (χ1v) is 7.99. The van der Waals surface area contributed by atoms with E-state index in [2.05, 4.69) is 48.9 Å². The minimum atomic E-state index is 0.370. The molecule has 0 atom stereocenters. The fourth-order valence-electron chi connectivity index (χ4n) is 2.82. The van der Waals surface area contributed by atoms with Crippen LogP contribution >= 0.6 is 11.6 Å². The smallest absolute Gasteiger partial charge is 0.163 e.